The van der Waals surface area contributed by atoms with Gasteiger partial charge in [-0.1, -0.05) is 29.8 Å². The molecule has 1 aromatic carbocycles. The Balaban J connectivity index is 1.71. The van der Waals surface area contributed by atoms with E-state index in [0.29, 0.717) is 17.9 Å². The van der Waals surface area contributed by atoms with E-state index in [1.807, 2.05) is 31.4 Å². The van der Waals surface area contributed by atoms with Crippen LogP contribution >= 0.6 is 11.6 Å². The molecule has 1 saturated carbocycles. The van der Waals surface area contributed by atoms with Gasteiger partial charge in [0, 0.05) is 23.8 Å². The summed E-state index contributed by atoms with van der Waals surface area (Å²) < 4.78 is 1.72. The number of halogens is 1. The van der Waals surface area contributed by atoms with Gasteiger partial charge in [0.25, 0.3) is 0 Å². The van der Waals surface area contributed by atoms with Crippen LogP contribution in [0.15, 0.2) is 36.7 Å². The number of nitrogens with zero attached hydrogens (tertiary/aromatic N) is 2. The van der Waals surface area contributed by atoms with Gasteiger partial charge in [0.05, 0.1) is 24.8 Å². The van der Waals surface area contributed by atoms with Crippen molar-refractivity contribution >= 4 is 17.5 Å². The van der Waals surface area contributed by atoms with Gasteiger partial charge in [-0.2, -0.15) is 5.10 Å². The number of carbonyl (C=O) groups excluding carboxylic acids is 1. The van der Waals surface area contributed by atoms with Crippen molar-refractivity contribution in [1.29, 1.82) is 0 Å². The van der Waals surface area contributed by atoms with Crippen LogP contribution in [0.2, 0.25) is 5.02 Å². The quantitative estimate of drug-likeness (QED) is 0.882. The van der Waals surface area contributed by atoms with Crippen LogP contribution in [-0.4, -0.2) is 26.9 Å². The predicted octanol–water partition coefficient (Wildman–Crippen LogP) is 2.24. The molecule has 1 amide bonds. The van der Waals surface area contributed by atoms with E-state index in [2.05, 4.69) is 10.4 Å². The minimum atomic E-state index is -0.264. The monoisotopic (exact) mass is 333 g/mol. The summed E-state index contributed by atoms with van der Waals surface area (Å²) in [5, 5.41) is 17.4. The van der Waals surface area contributed by atoms with E-state index in [1.54, 1.807) is 16.9 Å². The number of carbonyl (C=O) groups is 1. The highest BCUT2D eigenvalue weighted by atomic mass is 35.5. The van der Waals surface area contributed by atoms with Crippen molar-refractivity contribution in [3.63, 3.8) is 0 Å². The molecule has 1 aromatic heterocycles. The van der Waals surface area contributed by atoms with E-state index in [0.717, 1.165) is 11.1 Å². The van der Waals surface area contributed by atoms with Crippen LogP contribution in [0.3, 0.4) is 0 Å². The molecule has 122 valence electrons. The van der Waals surface area contributed by atoms with Crippen LogP contribution in [0.1, 0.15) is 30.0 Å². The lowest BCUT2D eigenvalue weighted by Crippen LogP contribution is -2.41. The summed E-state index contributed by atoms with van der Waals surface area (Å²) >= 11 is 6.12. The lowest BCUT2D eigenvalue weighted by molar-refractivity contribution is -0.122. The smallest absolute Gasteiger partial charge is 0.224 e. The predicted molar refractivity (Wildman–Crippen MR) is 88.0 cm³/mol. The molecular weight excluding hydrogens is 314 g/mol. The molecule has 1 heterocycles. The molecule has 3 rings (SSSR count). The van der Waals surface area contributed by atoms with E-state index < -0.39 is 0 Å². The van der Waals surface area contributed by atoms with Gasteiger partial charge in [0.2, 0.25) is 5.91 Å². The Morgan fingerprint density at radius 3 is 2.83 bits per heavy atom. The highest BCUT2D eigenvalue weighted by molar-refractivity contribution is 6.31. The minimum absolute atomic E-state index is 0.0756. The van der Waals surface area contributed by atoms with E-state index in [1.165, 1.54) is 0 Å². The van der Waals surface area contributed by atoms with E-state index >= 15 is 0 Å². The zero-order valence-corrected chi connectivity index (χ0v) is 13.7. The second kappa shape index (κ2) is 6.72. The second-order valence-electron chi connectivity index (χ2n) is 6.15. The summed E-state index contributed by atoms with van der Waals surface area (Å²) in [4.78, 5) is 12.4. The molecule has 0 saturated heterocycles. The lowest BCUT2D eigenvalue weighted by Gasteiger charge is -2.37. The standard InChI is InChI=1S/C17H20ClN3O2/c1-21-10-13(9-19-21)17(12-6-14(22)7-12)20-16(23)8-11-4-2-3-5-15(11)18/h2-5,9-10,12,14,17,22H,6-8H2,1H3,(H,20,23)/t12?,14?,17-/m1/s1. The molecular formula is C17H20ClN3O2. The third kappa shape index (κ3) is 3.74. The summed E-state index contributed by atoms with van der Waals surface area (Å²) in [5.41, 5.74) is 1.78. The molecule has 1 aliphatic carbocycles. The maximum absolute atomic E-state index is 12.4. The van der Waals surface area contributed by atoms with Gasteiger partial charge >= 0.3 is 0 Å². The third-order valence-electron chi connectivity index (χ3n) is 4.33. The number of aromatic nitrogens is 2. The first-order chi connectivity index (χ1) is 11.0. The summed E-state index contributed by atoms with van der Waals surface area (Å²) in [7, 11) is 1.85. The number of aliphatic hydroxyl groups is 1. The molecule has 23 heavy (non-hydrogen) atoms. The van der Waals surface area contributed by atoms with Crippen LogP contribution in [0, 0.1) is 5.92 Å². The van der Waals surface area contributed by atoms with Crippen molar-refractivity contribution in [2.24, 2.45) is 13.0 Å². The van der Waals surface area contributed by atoms with Gasteiger partial charge in [-0.15, -0.1) is 0 Å². The Morgan fingerprint density at radius 2 is 2.22 bits per heavy atom. The summed E-state index contributed by atoms with van der Waals surface area (Å²) in [6.45, 7) is 0. The topological polar surface area (TPSA) is 67.2 Å². The Kier molecular flexibility index (Phi) is 4.68. The summed E-state index contributed by atoms with van der Waals surface area (Å²) in [6.07, 6.45) is 5.06. The summed E-state index contributed by atoms with van der Waals surface area (Å²) in [5.74, 6) is 0.165. The largest absolute Gasteiger partial charge is 0.393 e. The van der Waals surface area contributed by atoms with Crippen molar-refractivity contribution in [3.8, 4) is 0 Å². The minimum Gasteiger partial charge on any atom is -0.393 e. The fourth-order valence-electron chi connectivity index (χ4n) is 3.02. The number of rotatable bonds is 5. The number of nitrogens with one attached hydrogen (secondary N) is 1. The molecule has 0 radical (unpaired) electrons. The maximum atomic E-state index is 12.4. The molecule has 1 fully saturated rings. The second-order valence-corrected chi connectivity index (χ2v) is 6.55. The highest BCUT2D eigenvalue weighted by Crippen LogP contribution is 2.38. The first-order valence-corrected chi connectivity index (χ1v) is 8.10. The molecule has 2 aromatic rings. The fourth-order valence-corrected chi connectivity index (χ4v) is 3.22. The Bertz CT molecular complexity index is 695. The molecule has 0 unspecified atom stereocenters. The summed E-state index contributed by atoms with van der Waals surface area (Å²) in [6, 6.07) is 7.23. The molecule has 0 aliphatic heterocycles. The Labute approximate surface area is 140 Å². The number of hydrogen-bond acceptors (Lipinski definition) is 3. The van der Waals surface area contributed by atoms with Gasteiger partial charge < -0.3 is 10.4 Å². The fraction of sp³-hybridized carbons (Fsp3) is 0.412. The molecule has 2 N–H and O–H groups in total. The Hall–Kier alpha value is -1.85. The number of amides is 1. The Morgan fingerprint density at radius 1 is 1.48 bits per heavy atom. The van der Waals surface area contributed by atoms with E-state index in [9.17, 15) is 9.90 Å². The average molecular weight is 334 g/mol. The zero-order chi connectivity index (χ0) is 16.4. The van der Waals surface area contributed by atoms with Gasteiger partial charge in [-0.05, 0) is 30.4 Å². The first-order valence-electron chi connectivity index (χ1n) is 7.72. The highest BCUT2D eigenvalue weighted by Gasteiger charge is 2.36. The van der Waals surface area contributed by atoms with Crippen molar-refractivity contribution in [2.75, 3.05) is 0 Å². The number of aliphatic hydroxyl groups excluding tert-OH is 1. The van der Waals surface area contributed by atoms with Gasteiger partial charge in [0.1, 0.15) is 0 Å². The number of aryl methyl sites for hydroxylation is 1. The van der Waals surface area contributed by atoms with Gasteiger partial charge in [0.15, 0.2) is 0 Å². The van der Waals surface area contributed by atoms with Crippen molar-refractivity contribution in [2.45, 2.75) is 31.4 Å². The van der Waals surface area contributed by atoms with Crippen LogP contribution in [0.4, 0.5) is 0 Å². The number of benzene rings is 1. The van der Waals surface area contributed by atoms with Crippen molar-refractivity contribution < 1.29 is 9.90 Å². The van der Waals surface area contributed by atoms with Crippen LogP contribution in [-0.2, 0) is 18.3 Å². The lowest BCUT2D eigenvalue weighted by atomic mass is 9.75. The molecule has 1 atom stereocenters. The SMILES string of the molecule is Cn1cc([C@H](NC(=O)Cc2ccccc2Cl)C2CC(O)C2)cn1. The number of hydrogen-bond donors (Lipinski definition) is 2. The van der Waals surface area contributed by atoms with E-state index in [4.69, 9.17) is 11.6 Å². The average Bonchev–Trinajstić information content (AvgIpc) is 2.91. The third-order valence-corrected chi connectivity index (χ3v) is 4.70. The van der Waals surface area contributed by atoms with Crippen molar-refractivity contribution in [1.82, 2.24) is 15.1 Å². The van der Waals surface area contributed by atoms with Crippen LogP contribution in [0.5, 0.6) is 0 Å². The van der Waals surface area contributed by atoms with Gasteiger partial charge in [-0.25, -0.2) is 0 Å². The molecule has 0 bridgehead atoms. The zero-order valence-electron chi connectivity index (χ0n) is 12.9. The van der Waals surface area contributed by atoms with Crippen LogP contribution in [0.25, 0.3) is 0 Å². The molecule has 1 aliphatic rings. The normalized spacial score (nSPS) is 21.5. The first kappa shape index (κ1) is 16.0. The molecule has 6 heteroatoms. The van der Waals surface area contributed by atoms with Crippen LogP contribution < -0.4 is 5.32 Å². The van der Waals surface area contributed by atoms with E-state index in [-0.39, 0.29) is 30.4 Å². The molecule has 5 nitrogen and oxygen atoms in total. The maximum Gasteiger partial charge on any atom is 0.224 e. The van der Waals surface area contributed by atoms with Crippen molar-refractivity contribution in [3.05, 3.63) is 52.8 Å². The van der Waals surface area contributed by atoms with Gasteiger partial charge in [-0.3, -0.25) is 9.48 Å². The molecule has 0 spiro atoms.